The van der Waals surface area contributed by atoms with Crippen molar-refractivity contribution in [3.05, 3.63) is 52.0 Å². The molecule has 0 saturated carbocycles. The van der Waals surface area contributed by atoms with Crippen molar-refractivity contribution in [2.45, 2.75) is 32.7 Å². The number of nitrogens with zero attached hydrogens (tertiary/aromatic N) is 6. The predicted octanol–water partition coefficient (Wildman–Crippen LogP) is 3.66. The van der Waals surface area contributed by atoms with Crippen molar-refractivity contribution in [1.29, 1.82) is 0 Å². The van der Waals surface area contributed by atoms with Crippen molar-refractivity contribution in [2.75, 3.05) is 25.5 Å². The summed E-state index contributed by atoms with van der Waals surface area (Å²) in [7, 11) is 3.85. The van der Waals surface area contributed by atoms with Gasteiger partial charge in [0, 0.05) is 44.8 Å². The highest BCUT2D eigenvalue weighted by atomic mass is 32.1. The molecule has 1 aliphatic rings. The molecule has 29 heavy (non-hydrogen) atoms. The van der Waals surface area contributed by atoms with Gasteiger partial charge in [0.2, 0.25) is 5.95 Å². The Kier molecular flexibility index (Phi) is 5.27. The molecule has 0 N–H and O–H groups in total. The van der Waals surface area contributed by atoms with E-state index >= 15 is 0 Å². The third-order valence-electron chi connectivity index (χ3n) is 5.12. The minimum absolute atomic E-state index is 0.0429. The van der Waals surface area contributed by atoms with E-state index < -0.39 is 0 Å². The smallest absolute Gasteiger partial charge is 0.266 e. The van der Waals surface area contributed by atoms with Crippen LogP contribution in [0.4, 0.5) is 5.95 Å². The first-order valence-electron chi connectivity index (χ1n) is 9.65. The van der Waals surface area contributed by atoms with Gasteiger partial charge in [-0.3, -0.25) is 9.78 Å². The molecule has 0 spiro atoms. The van der Waals surface area contributed by atoms with Crippen LogP contribution in [0.25, 0.3) is 11.1 Å². The third-order valence-corrected chi connectivity index (χ3v) is 6.18. The van der Waals surface area contributed by atoms with E-state index in [0.29, 0.717) is 5.95 Å². The SMILES string of the molecule is Cc1nc(C)c(C(=O)N2CCCC2c2nc(N(C)C)ncc2-c2ccncc2)s1. The van der Waals surface area contributed by atoms with Crippen LogP contribution in [0, 0.1) is 13.8 Å². The fraction of sp³-hybridized carbons (Fsp3) is 0.381. The molecule has 1 saturated heterocycles. The Morgan fingerprint density at radius 3 is 2.62 bits per heavy atom. The maximum absolute atomic E-state index is 13.4. The quantitative estimate of drug-likeness (QED) is 0.656. The fourth-order valence-electron chi connectivity index (χ4n) is 3.76. The summed E-state index contributed by atoms with van der Waals surface area (Å²) in [5, 5.41) is 0.913. The number of pyridine rings is 1. The standard InChI is InChI=1S/C21H24N6OS/c1-13-19(29-14(2)24-13)20(28)27-11-5-6-17(27)18-16(15-7-9-22-10-8-15)12-23-21(25-18)26(3)4/h7-10,12,17H,5-6,11H2,1-4H3. The summed E-state index contributed by atoms with van der Waals surface area (Å²) in [6.45, 7) is 4.56. The van der Waals surface area contributed by atoms with E-state index in [4.69, 9.17) is 4.98 Å². The zero-order chi connectivity index (χ0) is 20.5. The molecule has 3 aromatic rings. The van der Waals surface area contributed by atoms with Gasteiger partial charge >= 0.3 is 0 Å². The maximum Gasteiger partial charge on any atom is 0.266 e. The molecule has 1 fully saturated rings. The van der Waals surface area contributed by atoms with Crippen molar-refractivity contribution in [2.24, 2.45) is 0 Å². The molecule has 7 nitrogen and oxygen atoms in total. The van der Waals surface area contributed by atoms with Gasteiger partial charge in [0.15, 0.2) is 0 Å². The Labute approximate surface area is 174 Å². The Balaban J connectivity index is 1.78. The summed E-state index contributed by atoms with van der Waals surface area (Å²) in [4.78, 5) is 35.9. The summed E-state index contributed by atoms with van der Waals surface area (Å²) in [5.74, 6) is 0.684. The molecule has 0 aromatic carbocycles. The number of aryl methyl sites for hydroxylation is 2. The Morgan fingerprint density at radius 1 is 1.21 bits per heavy atom. The number of carbonyl (C=O) groups excluding carboxylic acids is 1. The Morgan fingerprint density at radius 2 is 1.97 bits per heavy atom. The molecule has 1 aliphatic heterocycles. The first-order chi connectivity index (χ1) is 14.0. The molecule has 3 aromatic heterocycles. The molecule has 150 valence electrons. The average molecular weight is 409 g/mol. The minimum atomic E-state index is -0.0887. The van der Waals surface area contributed by atoms with Crippen LogP contribution in [0.15, 0.2) is 30.7 Å². The van der Waals surface area contributed by atoms with Crippen LogP contribution < -0.4 is 4.90 Å². The molecular formula is C21H24N6OS. The lowest BCUT2D eigenvalue weighted by atomic mass is 10.0. The highest BCUT2D eigenvalue weighted by molar-refractivity contribution is 7.13. The number of hydrogen-bond donors (Lipinski definition) is 0. The summed E-state index contributed by atoms with van der Waals surface area (Å²) in [6.07, 6.45) is 7.21. The van der Waals surface area contributed by atoms with Crippen LogP contribution in [0.3, 0.4) is 0 Å². The second-order valence-electron chi connectivity index (χ2n) is 7.40. The molecule has 1 atom stereocenters. The van der Waals surface area contributed by atoms with Crippen molar-refractivity contribution in [3.8, 4) is 11.1 Å². The van der Waals surface area contributed by atoms with Crippen molar-refractivity contribution < 1.29 is 4.79 Å². The lowest BCUT2D eigenvalue weighted by molar-refractivity contribution is 0.0737. The normalized spacial score (nSPS) is 16.3. The fourth-order valence-corrected chi connectivity index (χ4v) is 4.64. The minimum Gasteiger partial charge on any atom is -0.347 e. The van der Waals surface area contributed by atoms with Crippen LogP contribution in [-0.4, -0.2) is 51.4 Å². The Bertz CT molecular complexity index is 1030. The number of likely N-dealkylation sites (tertiary alicyclic amines) is 1. The lowest BCUT2D eigenvalue weighted by Crippen LogP contribution is -2.31. The summed E-state index contributed by atoms with van der Waals surface area (Å²) in [5.41, 5.74) is 3.64. The molecule has 0 bridgehead atoms. The van der Waals surface area contributed by atoms with Gasteiger partial charge < -0.3 is 9.80 Å². The first kappa shape index (κ1) is 19.4. The highest BCUT2D eigenvalue weighted by Gasteiger charge is 2.35. The predicted molar refractivity (Wildman–Crippen MR) is 114 cm³/mol. The molecular weight excluding hydrogens is 384 g/mol. The zero-order valence-corrected chi connectivity index (χ0v) is 17.9. The van der Waals surface area contributed by atoms with E-state index in [1.165, 1.54) is 11.3 Å². The molecule has 4 heterocycles. The van der Waals surface area contributed by atoms with E-state index in [9.17, 15) is 4.79 Å². The zero-order valence-electron chi connectivity index (χ0n) is 17.1. The third kappa shape index (κ3) is 3.72. The number of hydrogen-bond acceptors (Lipinski definition) is 7. The van der Waals surface area contributed by atoms with Gasteiger partial charge in [-0.15, -0.1) is 11.3 Å². The van der Waals surface area contributed by atoms with E-state index in [1.807, 2.05) is 56.1 Å². The maximum atomic E-state index is 13.4. The Hall–Kier alpha value is -2.87. The van der Waals surface area contributed by atoms with Gasteiger partial charge in [0.25, 0.3) is 5.91 Å². The van der Waals surface area contributed by atoms with E-state index in [1.54, 1.807) is 12.4 Å². The molecule has 1 amide bonds. The number of rotatable bonds is 4. The van der Waals surface area contributed by atoms with Gasteiger partial charge in [0.05, 0.1) is 22.4 Å². The number of aromatic nitrogens is 4. The van der Waals surface area contributed by atoms with Crippen molar-refractivity contribution >= 4 is 23.2 Å². The average Bonchev–Trinajstić information content (AvgIpc) is 3.33. The second-order valence-corrected chi connectivity index (χ2v) is 8.61. The summed E-state index contributed by atoms with van der Waals surface area (Å²) in [6, 6.07) is 3.82. The van der Waals surface area contributed by atoms with E-state index in [0.717, 1.165) is 51.8 Å². The lowest BCUT2D eigenvalue weighted by Gasteiger charge is -2.26. The van der Waals surface area contributed by atoms with Crippen LogP contribution >= 0.6 is 11.3 Å². The van der Waals surface area contributed by atoms with Gasteiger partial charge in [-0.05, 0) is 44.4 Å². The van der Waals surface area contributed by atoms with Crippen LogP contribution in [-0.2, 0) is 0 Å². The topological polar surface area (TPSA) is 75.1 Å². The number of anilines is 1. The number of carbonyl (C=O) groups is 1. The molecule has 1 unspecified atom stereocenters. The monoisotopic (exact) mass is 408 g/mol. The van der Waals surface area contributed by atoms with Crippen molar-refractivity contribution in [1.82, 2.24) is 24.8 Å². The van der Waals surface area contributed by atoms with Gasteiger partial charge in [-0.1, -0.05) is 0 Å². The molecule has 8 heteroatoms. The van der Waals surface area contributed by atoms with Crippen LogP contribution in [0.1, 0.15) is 45.0 Å². The van der Waals surface area contributed by atoms with Crippen LogP contribution in [0.5, 0.6) is 0 Å². The van der Waals surface area contributed by atoms with Gasteiger partial charge in [-0.2, -0.15) is 0 Å². The van der Waals surface area contributed by atoms with Gasteiger partial charge in [-0.25, -0.2) is 15.0 Å². The molecule has 0 radical (unpaired) electrons. The number of thiazole rings is 1. The van der Waals surface area contributed by atoms with Gasteiger partial charge in [0.1, 0.15) is 4.88 Å². The molecule has 0 aliphatic carbocycles. The highest BCUT2D eigenvalue weighted by Crippen LogP contribution is 2.38. The summed E-state index contributed by atoms with van der Waals surface area (Å²) < 4.78 is 0. The summed E-state index contributed by atoms with van der Waals surface area (Å²) >= 11 is 1.46. The molecule has 4 rings (SSSR count). The van der Waals surface area contributed by atoms with Crippen molar-refractivity contribution in [3.63, 3.8) is 0 Å². The largest absolute Gasteiger partial charge is 0.347 e. The first-order valence-corrected chi connectivity index (χ1v) is 10.5. The van der Waals surface area contributed by atoms with Crippen LogP contribution in [0.2, 0.25) is 0 Å². The van der Waals surface area contributed by atoms with E-state index in [2.05, 4.69) is 15.0 Å². The second kappa shape index (κ2) is 7.87. The number of amides is 1. The van der Waals surface area contributed by atoms with E-state index in [-0.39, 0.29) is 11.9 Å².